The molecule has 0 aliphatic carbocycles. The van der Waals surface area contributed by atoms with Crippen molar-refractivity contribution in [2.24, 2.45) is 0 Å². The second-order valence-electron chi connectivity index (χ2n) is 5.55. The molecule has 0 heterocycles. The predicted octanol–water partition coefficient (Wildman–Crippen LogP) is 4.45. The lowest BCUT2D eigenvalue weighted by Crippen LogP contribution is -2.28. The summed E-state index contributed by atoms with van der Waals surface area (Å²) in [5.41, 5.74) is 1.02. The molecule has 1 N–H and O–H groups in total. The van der Waals surface area contributed by atoms with E-state index < -0.39 is 0 Å². The van der Waals surface area contributed by atoms with E-state index in [9.17, 15) is 4.79 Å². The van der Waals surface area contributed by atoms with E-state index >= 15 is 0 Å². The molecule has 0 aromatic heterocycles. The lowest BCUT2D eigenvalue weighted by atomic mass is 10.0. The average Bonchev–Trinajstić information content (AvgIpc) is 2.66. The molecule has 134 valence electrons. The van der Waals surface area contributed by atoms with Crippen molar-refractivity contribution in [1.82, 2.24) is 5.32 Å². The molecule has 5 heteroatoms. The van der Waals surface area contributed by atoms with Gasteiger partial charge in [0.05, 0.1) is 20.3 Å². The molecule has 2 aromatic rings. The van der Waals surface area contributed by atoms with Crippen LogP contribution in [0.4, 0.5) is 0 Å². The molecule has 1 amide bonds. The van der Waals surface area contributed by atoms with E-state index in [0.29, 0.717) is 17.9 Å². The van der Waals surface area contributed by atoms with Crippen LogP contribution in [0.25, 0.3) is 0 Å². The fraction of sp³-hybridized carbons (Fsp3) is 0.350. The summed E-state index contributed by atoms with van der Waals surface area (Å²) in [5, 5.41) is 3.11. The molecular formula is C20H25NO3S. The summed E-state index contributed by atoms with van der Waals surface area (Å²) < 4.78 is 10.6. The van der Waals surface area contributed by atoms with Crippen LogP contribution in [-0.4, -0.2) is 25.9 Å². The first-order valence-corrected chi connectivity index (χ1v) is 9.35. The summed E-state index contributed by atoms with van der Waals surface area (Å²) in [6.45, 7) is 2.06. The van der Waals surface area contributed by atoms with Gasteiger partial charge in [-0.05, 0) is 36.2 Å². The highest BCUT2D eigenvalue weighted by atomic mass is 32.2. The van der Waals surface area contributed by atoms with Gasteiger partial charge in [-0.2, -0.15) is 0 Å². The normalized spacial score (nSPS) is 11.6. The number of carbonyl (C=O) groups is 1. The molecular weight excluding hydrogens is 334 g/mol. The zero-order chi connectivity index (χ0) is 18.1. The molecule has 0 fully saturated rings. The first-order chi connectivity index (χ1) is 12.2. The van der Waals surface area contributed by atoms with Gasteiger partial charge in [0.15, 0.2) is 11.5 Å². The van der Waals surface area contributed by atoms with Crippen LogP contribution in [-0.2, 0) is 4.79 Å². The van der Waals surface area contributed by atoms with Crippen LogP contribution in [0, 0.1) is 0 Å². The highest BCUT2D eigenvalue weighted by molar-refractivity contribution is 7.99. The average molecular weight is 359 g/mol. The fourth-order valence-electron chi connectivity index (χ4n) is 2.54. The number of hydrogen-bond donors (Lipinski definition) is 1. The summed E-state index contributed by atoms with van der Waals surface area (Å²) in [6.07, 6.45) is 1.30. The van der Waals surface area contributed by atoms with E-state index in [2.05, 4.69) is 24.4 Å². The van der Waals surface area contributed by atoms with Crippen LogP contribution < -0.4 is 14.8 Å². The van der Waals surface area contributed by atoms with Gasteiger partial charge < -0.3 is 14.8 Å². The summed E-state index contributed by atoms with van der Waals surface area (Å²) in [6, 6.07) is 15.8. The topological polar surface area (TPSA) is 47.6 Å². The minimum atomic E-state index is -0.0333. The van der Waals surface area contributed by atoms with Crippen LogP contribution in [0.15, 0.2) is 53.4 Å². The number of nitrogens with one attached hydrogen (secondary N) is 1. The second kappa shape index (κ2) is 9.99. The molecule has 0 saturated heterocycles. The Morgan fingerprint density at radius 2 is 1.80 bits per heavy atom. The van der Waals surface area contributed by atoms with Crippen LogP contribution in [0.3, 0.4) is 0 Å². The van der Waals surface area contributed by atoms with Crippen LogP contribution in [0.2, 0.25) is 0 Å². The van der Waals surface area contributed by atoms with Crippen molar-refractivity contribution < 1.29 is 14.3 Å². The molecule has 25 heavy (non-hydrogen) atoms. The van der Waals surface area contributed by atoms with Gasteiger partial charge in [0.2, 0.25) is 5.91 Å². The van der Waals surface area contributed by atoms with Gasteiger partial charge in [-0.1, -0.05) is 31.2 Å². The Balaban J connectivity index is 1.91. The first kappa shape index (κ1) is 19.2. The highest BCUT2D eigenvalue weighted by Crippen LogP contribution is 2.31. The Hall–Kier alpha value is -2.14. The molecule has 0 spiro atoms. The van der Waals surface area contributed by atoms with Gasteiger partial charge in [0.1, 0.15) is 0 Å². The monoisotopic (exact) mass is 359 g/mol. The van der Waals surface area contributed by atoms with Crippen LogP contribution in [0.1, 0.15) is 31.4 Å². The fourth-order valence-corrected chi connectivity index (χ4v) is 3.41. The largest absolute Gasteiger partial charge is 0.493 e. The zero-order valence-corrected chi connectivity index (χ0v) is 15.8. The van der Waals surface area contributed by atoms with Gasteiger partial charge in [-0.3, -0.25) is 4.79 Å². The quantitative estimate of drug-likeness (QED) is 0.672. The maximum atomic E-state index is 12.3. The van der Waals surface area contributed by atoms with Crippen molar-refractivity contribution >= 4 is 17.7 Å². The summed E-state index contributed by atoms with van der Waals surface area (Å²) >= 11 is 1.69. The van der Waals surface area contributed by atoms with Crippen molar-refractivity contribution in [3.63, 3.8) is 0 Å². The Morgan fingerprint density at radius 3 is 2.44 bits per heavy atom. The summed E-state index contributed by atoms with van der Waals surface area (Å²) in [5.74, 6) is 2.18. The van der Waals surface area contributed by atoms with Crippen molar-refractivity contribution in [2.75, 3.05) is 20.0 Å². The minimum absolute atomic E-state index is 0.0333. The van der Waals surface area contributed by atoms with E-state index in [4.69, 9.17) is 9.47 Å². The molecule has 0 aliphatic heterocycles. The van der Waals surface area contributed by atoms with Gasteiger partial charge in [-0.15, -0.1) is 11.8 Å². The standard InChI is InChI=1S/C20H25NO3S/c1-4-17(15-10-11-18(23-2)19(14-15)24-3)21-20(22)12-13-25-16-8-6-5-7-9-16/h5-11,14,17H,4,12-13H2,1-3H3,(H,21,22)/t17-/m0/s1. The number of hydrogen-bond acceptors (Lipinski definition) is 4. The molecule has 0 unspecified atom stereocenters. The number of benzene rings is 2. The van der Waals surface area contributed by atoms with Crippen molar-refractivity contribution in [1.29, 1.82) is 0 Å². The lowest BCUT2D eigenvalue weighted by molar-refractivity contribution is -0.121. The van der Waals surface area contributed by atoms with Crippen LogP contribution in [0.5, 0.6) is 11.5 Å². The smallest absolute Gasteiger partial charge is 0.221 e. The Morgan fingerprint density at radius 1 is 1.08 bits per heavy atom. The predicted molar refractivity (Wildman–Crippen MR) is 103 cm³/mol. The molecule has 0 saturated carbocycles. The molecule has 2 aromatic carbocycles. The van der Waals surface area contributed by atoms with Crippen molar-refractivity contribution in [2.45, 2.75) is 30.7 Å². The number of thioether (sulfide) groups is 1. The van der Waals surface area contributed by atoms with Crippen molar-refractivity contribution in [3.05, 3.63) is 54.1 Å². The van der Waals surface area contributed by atoms with E-state index in [1.54, 1.807) is 26.0 Å². The minimum Gasteiger partial charge on any atom is -0.493 e. The summed E-state index contributed by atoms with van der Waals surface area (Å²) in [4.78, 5) is 13.5. The Bertz CT molecular complexity index is 676. The second-order valence-corrected chi connectivity index (χ2v) is 6.72. The maximum Gasteiger partial charge on any atom is 0.221 e. The molecule has 4 nitrogen and oxygen atoms in total. The molecule has 0 radical (unpaired) electrons. The first-order valence-electron chi connectivity index (χ1n) is 8.37. The Labute approximate surface area is 153 Å². The van der Waals surface area contributed by atoms with Gasteiger partial charge in [0, 0.05) is 17.1 Å². The third kappa shape index (κ3) is 5.71. The number of methoxy groups -OCH3 is 2. The Kier molecular flexibility index (Phi) is 7.67. The van der Waals surface area contributed by atoms with E-state index in [1.807, 2.05) is 36.4 Å². The molecule has 1 atom stereocenters. The van der Waals surface area contributed by atoms with E-state index in [-0.39, 0.29) is 11.9 Å². The SMILES string of the molecule is CC[C@H](NC(=O)CCSc1ccccc1)c1ccc(OC)c(OC)c1. The maximum absolute atomic E-state index is 12.3. The lowest BCUT2D eigenvalue weighted by Gasteiger charge is -2.19. The summed E-state index contributed by atoms with van der Waals surface area (Å²) in [7, 11) is 3.23. The van der Waals surface area contributed by atoms with E-state index in [1.165, 1.54) is 4.90 Å². The molecule has 0 bridgehead atoms. The number of ether oxygens (including phenoxy) is 2. The van der Waals surface area contributed by atoms with Crippen molar-refractivity contribution in [3.8, 4) is 11.5 Å². The highest BCUT2D eigenvalue weighted by Gasteiger charge is 2.15. The third-order valence-electron chi connectivity index (χ3n) is 3.89. The number of amides is 1. The van der Waals surface area contributed by atoms with Crippen LogP contribution >= 0.6 is 11.8 Å². The molecule has 2 rings (SSSR count). The van der Waals surface area contributed by atoms with E-state index in [0.717, 1.165) is 17.7 Å². The third-order valence-corrected chi connectivity index (χ3v) is 4.91. The zero-order valence-electron chi connectivity index (χ0n) is 15.0. The van der Waals surface area contributed by atoms with Gasteiger partial charge in [0.25, 0.3) is 0 Å². The van der Waals surface area contributed by atoms with Gasteiger partial charge in [-0.25, -0.2) is 0 Å². The van der Waals surface area contributed by atoms with Gasteiger partial charge >= 0.3 is 0 Å². The number of carbonyl (C=O) groups excluding carboxylic acids is 1. The molecule has 0 aliphatic rings. The number of rotatable bonds is 9.